The summed E-state index contributed by atoms with van der Waals surface area (Å²) in [5.41, 5.74) is 8.56. The number of benzene rings is 6. The third-order valence-corrected chi connectivity index (χ3v) is 8.60. The minimum atomic E-state index is 0.637. The summed E-state index contributed by atoms with van der Waals surface area (Å²) < 4.78 is 4.64. The monoisotopic (exact) mass is 589 g/mol. The number of fused-ring (bicyclic) bond motifs is 5. The maximum atomic E-state index is 4.96. The van der Waals surface area contributed by atoms with Gasteiger partial charge >= 0.3 is 0 Å². The molecule has 6 aromatic carbocycles. The molecule has 0 aliphatic heterocycles. The highest BCUT2D eigenvalue weighted by molar-refractivity contribution is 6.18. The molecule has 0 aliphatic carbocycles. The summed E-state index contributed by atoms with van der Waals surface area (Å²) in [6.45, 7) is 0. The average Bonchev–Trinajstić information content (AvgIpc) is 3.72. The zero-order valence-electron chi connectivity index (χ0n) is 24.8. The fourth-order valence-electron chi connectivity index (χ4n) is 6.48. The Morgan fingerprint density at radius 3 is 1.63 bits per heavy atom. The normalized spacial score (nSPS) is 11.5. The van der Waals surface area contributed by atoms with Gasteiger partial charge in [0.15, 0.2) is 17.5 Å². The topological polar surface area (TPSA) is 48.5 Å². The SMILES string of the molecule is c1ccc(-c2nc(-c3ccccc3)nc(-c3cccc(-n4ccc5c4ccc4c6ccccc6n(-c6ccccc6)c45)c3)n2)cc1. The van der Waals surface area contributed by atoms with Gasteiger partial charge in [0.1, 0.15) is 0 Å². The molecule has 3 heterocycles. The minimum absolute atomic E-state index is 0.637. The molecular formula is C41H27N5. The lowest BCUT2D eigenvalue weighted by Gasteiger charge is -2.11. The molecule has 0 atom stereocenters. The highest BCUT2D eigenvalue weighted by Crippen LogP contribution is 2.38. The molecule has 0 N–H and O–H groups in total. The Morgan fingerprint density at radius 1 is 0.370 bits per heavy atom. The summed E-state index contributed by atoms with van der Waals surface area (Å²) in [5, 5.41) is 3.68. The van der Waals surface area contributed by atoms with Crippen LogP contribution in [-0.2, 0) is 0 Å². The van der Waals surface area contributed by atoms with E-state index < -0.39 is 0 Å². The Hall–Kier alpha value is -6.33. The van der Waals surface area contributed by atoms with Crippen molar-refractivity contribution in [2.45, 2.75) is 0 Å². The lowest BCUT2D eigenvalue weighted by Crippen LogP contribution is -2.01. The Bertz CT molecular complexity index is 2460. The Kier molecular flexibility index (Phi) is 6.06. The Balaban J connectivity index is 1.22. The molecule has 0 fully saturated rings. The van der Waals surface area contributed by atoms with Crippen molar-refractivity contribution in [3.8, 4) is 45.5 Å². The highest BCUT2D eigenvalue weighted by atomic mass is 15.0. The first-order valence-electron chi connectivity index (χ1n) is 15.4. The molecular weight excluding hydrogens is 562 g/mol. The molecule has 0 saturated carbocycles. The van der Waals surface area contributed by atoms with Crippen LogP contribution >= 0.6 is 0 Å². The zero-order chi connectivity index (χ0) is 30.5. The summed E-state index contributed by atoms with van der Waals surface area (Å²) in [7, 11) is 0. The maximum absolute atomic E-state index is 4.96. The summed E-state index contributed by atoms with van der Waals surface area (Å²) in [6.07, 6.45) is 2.16. The van der Waals surface area contributed by atoms with Crippen LogP contribution in [-0.4, -0.2) is 24.1 Å². The number of aromatic nitrogens is 5. The quantitative estimate of drug-likeness (QED) is 0.201. The van der Waals surface area contributed by atoms with E-state index in [-0.39, 0.29) is 0 Å². The largest absolute Gasteiger partial charge is 0.316 e. The van der Waals surface area contributed by atoms with Crippen LogP contribution in [0.3, 0.4) is 0 Å². The van der Waals surface area contributed by atoms with Gasteiger partial charge < -0.3 is 9.13 Å². The van der Waals surface area contributed by atoms with Crippen molar-refractivity contribution in [2.75, 3.05) is 0 Å². The molecule has 216 valence electrons. The van der Waals surface area contributed by atoms with E-state index in [0.29, 0.717) is 17.5 Å². The molecule has 0 unspecified atom stereocenters. The van der Waals surface area contributed by atoms with Gasteiger partial charge in [0.2, 0.25) is 0 Å². The maximum Gasteiger partial charge on any atom is 0.164 e. The molecule has 0 aliphatic rings. The van der Waals surface area contributed by atoms with Crippen LogP contribution in [0.4, 0.5) is 0 Å². The molecule has 5 heteroatoms. The first-order chi connectivity index (χ1) is 22.8. The lowest BCUT2D eigenvalue weighted by molar-refractivity contribution is 1.07. The summed E-state index contributed by atoms with van der Waals surface area (Å²) in [4.78, 5) is 14.8. The van der Waals surface area contributed by atoms with Gasteiger partial charge in [-0.3, -0.25) is 0 Å². The molecule has 46 heavy (non-hydrogen) atoms. The van der Waals surface area contributed by atoms with Crippen molar-refractivity contribution in [1.82, 2.24) is 24.1 Å². The fraction of sp³-hybridized carbons (Fsp3) is 0. The van der Waals surface area contributed by atoms with Crippen molar-refractivity contribution in [1.29, 1.82) is 0 Å². The molecule has 0 amide bonds. The summed E-state index contributed by atoms with van der Waals surface area (Å²) in [6, 6.07) is 54.6. The predicted molar refractivity (Wildman–Crippen MR) is 187 cm³/mol. The highest BCUT2D eigenvalue weighted by Gasteiger charge is 2.17. The van der Waals surface area contributed by atoms with Crippen LogP contribution < -0.4 is 0 Å². The Labute approximate surface area is 265 Å². The van der Waals surface area contributed by atoms with E-state index in [9.17, 15) is 0 Å². The molecule has 5 nitrogen and oxygen atoms in total. The first-order valence-corrected chi connectivity index (χ1v) is 15.4. The first kappa shape index (κ1) is 26.1. The van der Waals surface area contributed by atoms with Crippen molar-refractivity contribution in [3.05, 3.63) is 164 Å². The molecule has 0 spiro atoms. The lowest BCUT2D eigenvalue weighted by atomic mass is 10.1. The number of rotatable bonds is 5. The van der Waals surface area contributed by atoms with Gasteiger partial charge in [0.25, 0.3) is 0 Å². The third-order valence-electron chi connectivity index (χ3n) is 8.60. The second kappa shape index (κ2) is 10.7. The number of hydrogen-bond acceptors (Lipinski definition) is 3. The van der Waals surface area contributed by atoms with E-state index in [2.05, 4.69) is 112 Å². The number of hydrogen-bond donors (Lipinski definition) is 0. The zero-order valence-corrected chi connectivity index (χ0v) is 24.8. The van der Waals surface area contributed by atoms with E-state index in [1.165, 1.54) is 27.2 Å². The number of nitrogens with zero attached hydrogens (tertiary/aromatic N) is 5. The van der Waals surface area contributed by atoms with Crippen LogP contribution in [0.2, 0.25) is 0 Å². The van der Waals surface area contributed by atoms with Gasteiger partial charge in [-0.25, -0.2) is 15.0 Å². The standard InChI is InChI=1S/C41H27N5/c1-4-13-28(14-5-1)39-42-40(29-15-6-2-7-16-29)44-41(43-39)30-17-12-20-32(27-30)45-26-25-35-36(45)24-23-34-33-21-10-11-22-37(33)46(38(34)35)31-18-8-3-9-19-31/h1-27H. The van der Waals surface area contributed by atoms with Crippen molar-refractivity contribution in [3.63, 3.8) is 0 Å². The van der Waals surface area contributed by atoms with E-state index in [0.717, 1.165) is 33.6 Å². The average molecular weight is 590 g/mol. The van der Waals surface area contributed by atoms with Gasteiger partial charge in [-0.15, -0.1) is 0 Å². The van der Waals surface area contributed by atoms with Crippen molar-refractivity contribution in [2.24, 2.45) is 0 Å². The number of para-hydroxylation sites is 2. The van der Waals surface area contributed by atoms with E-state index in [1.807, 2.05) is 60.7 Å². The molecule has 0 saturated heterocycles. The Morgan fingerprint density at radius 2 is 0.935 bits per heavy atom. The molecule has 9 rings (SSSR count). The molecule has 3 aromatic heterocycles. The molecule has 0 bridgehead atoms. The van der Waals surface area contributed by atoms with Gasteiger partial charge in [-0.1, -0.05) is 115 Å². The van der Waals surface area contributed by atoms with E-state index in [4.69, 9.17) is 15.0 Å². The summed E-state index contributed by atoms with van der Waals surface area (Å²) >= 11 is 0. The van der Waals surface area contributed by atoms with Crippen LogP contribution in [0.5, 0.6) is 0 Å². The third kappa shape index (κ3) is 4.29. The fourth-order valence-corrected chi connectivity index (χ4v) is 6.48. The second-order valence-electron chi connectivity index (χ2n) is 11.4. The van der Waals surface area contributed by atoms with Crippen molar-refractivity contribution < 1.29 is 0 Å². The van der Waals surface area contributed by atoms with E-state index in [1.54, 1.807) is 0 Å². The van der Waals surface area contributed by atoms with Gasteiger partial charge in [0, 0.05) is 50.4 Å². The predicted octanol–water partition coefficient (Wildman–Crippen LogP) is 9.91. The van der Waals surface area contributed by atoms with Crippen LogP contribution in [0, 0.1) is 0 Å². The molecule has 9 aromatic rings. The minimum Gasteiger partial charge on any atom is -0.316 e. The molecule has 0 radical (unpaired) electrons. The van der Waals surface area contributed by atoms with Crippen molar-refractivity contribution >= 4 is 32.7 Å². The smallest absolute Gasteiger partial charge is 0.164 e. The second-order valence-corrected chi connectivity index (χ2v) is 11.4. The van der Waals surface area contributed by atoms with Gasteiger partial charge in [-0.05, 0) is 42.5 Å². The van der Waals surface area contributed by atoms with Gasteiger partial charge in [-0.2, -0.15) is 0 Å². The van der Waals surface area contributed by atoms with Crippen LogP contribution in [0.15, 0.2) is 164 Å². The summed E-state index contributed by atoms with van der Waals surface area (Å²) in [5.74, 6) is 1.94. The van der Waals surface area contributed by atoms with E-state index >= 15 is 0 Å². The van der Waals surface area contributed by atoms with Crippen LogP contribution in [0.1, 0.15) is 0 Å². The van der Waals surface area contributed by atoms with Gasteiger partial charge in [0.05, 0.1) is 16.6 Å². The van der Waals surface area contributed by atoms with Crippen LogP contribution in [0.25, 0.3) is 78.2 Å².